The second-order valence-electron chi connectivity index (χ2n) is 10.4. The quantitative estimate of drug-likeness (QED) is 0.733. The Morgan fingerprint density at radius 1 is 1.13 bits per heavy atom. The number of carbonyl (C=O) groups excluding carboxylic acids is 2. The van der Waals surface area contributed by atoms with Crippen LogP contribution in [0.3, 0.4) is 0 Å². The fourth-order valence-corrected chi connectivity index (χ4v) is 5.26. The van der Waals surface area contributed by atoms with Crippen molar-refractivity contribution < 1.29 is 19.1 Å². The van der Waals surface area contributed by atoms with Crippen molar-refractivity contribution in [3.05, 3.63) is 23.3 Å². The van der Waals surface area contributed by atoms with Crippen molar-refractivity contribution in [1.82, 2.24) is 10.2 Å². The van der Waals surface area contributed by atoms with E-state index in [1.54, 1.807) is 0 Å². The molecule has 2 heterocycles. The van der Waals surface area contributed by atoms with Crippen LogP contribution >= 0.6 is 0 Å². The first-order valence-electron chi connectivity index (χ1n) is 11.7. The zero-order chi connectivity index (χ0) is 22.2. The van der Waals surface area contributed by atoms with E-state index in [0.29, 0.717) is 32.6 Å². The highest BCUT2D eigenvalue weighted by molar-refractivity contribution is 5.81. The third kappa shape index (κ3) is 4.26. The lowest BCUT2D eigenvalue weighted by atomic mass is 9.71. The number of nitrogens with zero attached hydrogens (tertiary/aromatic N) is 1. The van der Waals surface area contributed by atoms with Gasteiger partial charge in [-0.1, -0.05) is 33.6 Å². The Hall–Kier alpha value is -2.24. The molecule has 6 nitrogen and oxygen atoms in total. The number of benzene rings is 1. The Labute approximate surface area is 185 Å². The molecule has 3 aliphatic rings. The first-order valence-corrected chi connectivity index (χ1v) is 11.7. The number of carbonyl (C=O) groups is 2. The highest BCUT2D eigenvalue weighted by Crippen LogP contribution is 2.52. The Morgan fingerprint density at radius 2 is 1.77 bits per heavy atom. The van der Waals surface area contributed by atoms with E-state index < -0.39 is 5.41 Å². The maximum Gasteiger partial charge on any atom is 0.225 e. The number of amides is 2. The molecule has 1 aromatic rings. The number of fused-ring (bicyclic) bond motifs is 3. The summed E-state index contributed by atoms with van der Waals surface area (Å²) in [6.45, 7) is 10.3. The van der Waals surface area contributed by atoms with Crippen molar-refractivity contribution in [3.8, 4) is 11.5 Å². The van der Waals surface area contributed by atoms with Gasteiger partial charge in [-0.15, -0.1) is 0 Å². The van der Waals surface area contributed by atoms with Crippen molar-refractivity contribution in [2.75, 3.05) is 26.3 Å². The van der Waals surface area contributed by atoms with E-state index in [4.69, 9.17) is 9.47 Å². The molecule has 1 unspecified atom stereocenters. The summed E-state index contributed by atoms with van der Waals surface area (Å²) in [5, 5.41) is 2.95. The van der Waals surface area contributed by atoms with Crippen molar-refractivity contribution in [2.24, 2.45) is 5.41 Å². The summed E-state index contributed by atoms with van der Waals surface area (Å²) in [6.07, 6.45) is 5.72. The van der Waals surface area contributed by atoms with Gasteiger partial charge in [0, 0.05) is 30.3 Å². The molecular weight excluding hydrogens is 392 g/mol. The fourth-order valence-electron chi connectivity index (χ4n) is 5.26. The Morgan fingerprint density at radius 3 is 2.42 bits per heavy atom. The molecule has 1 aliphatic carbocycles. The molecule has 1 fully saturated rings. The molecule has 2 amide bonds. The molecule has 1 N–H and O–H groups in total. The summed E-state index contributed by atoms with van der Waals surface area (Å²) in [5.74, 6) is 1.84. The molecule has 4 rings (SSSR count). The number of ether oxygens (including phenoxy) is 2. The summed E-state index contributed by atoms with van der Waals surface area (Å²) in [7, 11) is 0. The van der Waals surface area contributed by atoms with Gasteiger partial charge in [-0.05, 0) is 49.4 Å². The molecule has 1 atom stereocenters. The Kier molecular flexibility index (Phi) is 5.93. The van der Waals surface area contributed by atoms with E-state index in [2.05, 4.69) is 29.3 Å². The van der Waals surface area contributed by atoms with Gasteiger partial charge in [-0.25, -0.2) is 0 Å². The van der Waals surface area contributed by atoms with Gasteiger partial charge >= 0.3 is 0 Å². The molecule has 31 heavy (non-hydrogen) atoms. The van der Waals surface area contributed by atoms with E-state index >= 15 is 0 Å². The molecule has 0 radical (unpaired) electrons. The van der Waals surface area contributed by atoms with Crippen LogP contribution in [0.1, 0.15) is 83.4 Å². The SMILES string of the molecule is CC1c2cc3c(cc2C2(CCCC2)CN1C(=O)CCCNC(=O)C(C)(C)C)OCCO3. The first-order chi connectivity index (χ1) is 14.7. The summed E-state index contributed by atoms with van der Waals surface area (Å²) in [6, 6.07) is 4.31. The summed E-state index contributed by atoms with van der Waals surface area (Å²) in [4.78, 5) is 27.4. The predicted molar refractivity (Wildman–Crippen MR) is 119 cm³/mol. The first kappa shape index (κ1) is 22.0. The number of hydrogen-bond donors (Lipinski definition) is 1. The third-order valence-electron chi connectivity index (χ3n) is 7.09. The van der Waals surface area contributed by atoms with E-state index in [1.165, 1.54) is 24.0 Å². The minimum absolute atomic E-state index is 0.00807. The average molecular weight is 429 g/mol. The van der Waals surface area contributed by atoms with Crippen molar-refractivity contribution in [3.63, 3.8) is 0 Å². The van der Waals surface area contributed by atoms with Crippen LogP contribution in [-0.2, 0) is 15.0 Å². The number of hydrogen-bond acceptors (Lipinski definition) is 4. The van der Waals surface area contributed by atoms with Crippen LogP contribution in [0.4, 0.5) is 0 Å². The number of nitrogens with one attached hydrogen (secondary N) is 1. The van der Waals surface area contributed by atoms with Gasteiger partial charge in [-0.3, -0.25) is 9.59 Å². The normalized spacial score (nSPS) is 21.7. The standard InChI is InChI=1S/C25H36N2O4/c1-17-18-14-20-21(31-13-12-30-20)15-19(18)25(9-5-6-10-25)16-27(17)22(28)8-7-11-26-23(29)24(2,3)4/h14-15,17H,5-13,16H2,1-4H3,(H,26,29). The zero-order valence-electron chi connectivity index (χ0n) is 19.4. The maximum atomic E-state index is 13.2. The van der Waals surface area contributed by atoms with E-state index in [0.717, 1.165) is 30.9 Å². The Balaban J connectivity index is 1.50. The highest BCUT2D eigenvalue weighted by atomic mass is 16.6. The van der Waals surface area contributed by atoms with Gasteiger partial charge in [0.25, 0.3) is 0 Å². The lowest BCUT2D eigenvalue weighted by molar-refractivity contribution is -0.135. The van der Waals surface area contributed by atoms with Crippen molar-refractivity contribution in [1.29, 1.82) is 0 Å². The smallest absolute Gasteiger partial charge is 0.225 e. The molecule has 1 saturated carbocycles. The summed E-state index contributed by atoms with van der Waals surface area (Å²) in [5.41, 5.74) is 2.16. The molecule has 6 heteroatoms. The molecule has 0 bridgehead atoms. The minimum atomic E-state index is -0.408. The second kappa shape index (κ2) is 8.36. The lowest BCUT2D eigenvalue weighted by Crippen LogP contribution is -2.48. The molecule has 1 spiro atoms. The van der Waals surface area contributed by atoms with Crippen LogP contribution < -0.4 is 14.8 Å². The highest BCUT2D eigenvalue weighted by Gasteiger charge is 2.46. The topological polar surface area (TPSA) is 67.9 Å². The van der Waals surface area contributed by atoms with Gasteiger partial charge in [0.1, 0.15) is 13.2 Å². The molecule has 2 aliphatic heterocycles. The van der Waals surface area contributed by atoms with Gasteiger partial charge in [-0.2, -0.15) is 0 Å². The minimum Gasteiger partial charge on any atom is -0.486 e. The lowest BCUT2D eigenvalue weighted by Gasteiger charge is -2.46. The monoisotopic (exact) mass is 428 g/mol. The Bertz CT molecular complexity index is 852. The molecule has 1 aromatic carbocycles. The maximum absolute atomic E-state index is 13.2. The van der Waals surface area contributed by atoms with Gasteiger partial charge in [0.05, 0.1) is 6.04 Å². The third-order valence-corrected chi connectivity index (χ3v) is 7.09. The van der Waals surface area contributed by atoms with Crippen LogP contribution in [-0.4, -0.2) is 43.0 Å². The summed E-state index contributed by atoms with van der Waals surface area (Å²) >= 11 is 0. The van der Waals surface area contributed by atoms with Gasteiger partial charge in [0.15, 0.2) is 11.5 Å². The molecule has 170 valence electrons. The fraction of sp³-hybridized carbons (Fsp3) is 0.680. The van der Waals surface area contributed by atoms with Crippen LogP contribution in [0.2, 0.25) is 0 Å². The largest absolute Gasteiger partial charge is 0.486 e. The summed E-state index contributed by atoms with van der Waals surface area (Å²) < 4.78 is 11.7. The van der Waals surface area contributed by atoms with Crippen LogP contribution in [0.25, 0.3) is 0 Å². The van der Waals surface area contributed by atoms with E-state index in [1.807, 2.05) is 20.8 Å². The molecular formula is C25H36N2O4. The second-order valence-corrected chi connectivity index (χ2v) is 10.4. The van der Waals surface area contributed by atoms with Crippen molar-refractivity contribution in [2.45, 2.75) is 77.7 Å². The number of rotatable bonds is 4. The van der Waals surface area contributed by atoms with E-state index in [-0.39, 0.29) is 23.3 Å². The predicted octanol–water partition coefficient (Wildman–Crippen LogP) is 4.12. The van der Waals surface area contributed by atoms with Gasteiger partial charge < -0.3 is 19.7 Å². The molecule has 0 aromatic heterocycles. The van der Waals surface area contributed by atoms with Crippen LogP contribution in [0.15, 0.2) is 12.1 Å². The van der Waals surface area contributed by atoms with Crippen LogP contribution in [0.5, 0.6) is 11.5 Å². The van der Waals surface area contributed by atoms with E-state index in [9.17, 15) is 9.59 Å². The molecule has 0 saturated heterocycles. The van der Waals surface area contributed by atoms with Crippen LogP contribution in [0, 0.1) is 5.41 Å². The van der Waals surface area contributed by atoms with Crippen molar-refractivity contribution >= 4 is 11.8 Å². The zero-order valence-corrected chi connectivity index (χ0v) is 19.4. The average Bonchev–Trinajstić information content (AvgIpc) is 3.21. The van der Waals surface area contributed by atoms with Gasteiger partial charge in [0.2, 0.25) is 11.8 Å².